The van der Waals surface area contributed by atoms with E-state index in [4.69, 9.17) is 9.47 Å². The maximum atomic E-state index is 12.6. The number of carbonyl (C=O) groups is 2. The van der Waals surface area contributed by atoms with Crippen LogP contribution in [0.25, 0.3) is 0 Å². The smallest absolute Gasteiger partial charge is 0.410 e. The van der Waals surface area contributed by atoms with E-state index in [1.54, 1.807) is 0 Å². The number of methoxy groups -OCH3 is 1. The Labute approximate surface area is 142 Å². The van der Waals surface area contributed by atoms with Crippen LogP contribution in [0.15, 0.2) is 30.3 Å². The molecule has 3 atom stereocenters. The molecule has 1 amide bonds. The molecule has 0 spiro atoms. The molecular formula is C19H25NO4. The summed E-state index contributed by atoms with van der Waals surface area (Å²) < 4.78 is 10.5. The van der Waals surface area contributed by atoms with Gasteiger partial charge in [-0.05, 0) is 37.2 Å². The lowest BCUT2D eigenvalue weighted by atomic mass is 9.71. The number of piperidine rings is 1. The Bertz CT molecular complexity index is 574. The first-order valence-electron chi connectivity index (χ1n) is 8.76. The largest absolute Gasteiger partial charge is 0.469 e. The van der Waals surface area contributed by atoms with Crippen molar-refractivity contribution in [2.75, 3.05) is 13.7 Å². The average molecular weight is 331 g/mol. The number of fused-ring (bicyclic) bond motifs is 1. The van der Waals surface area contributed by atoms with Crippen LogP contribution in [-0.2, 0) is 20.9 Å². The maximum Gasteiger partial charge on any atom is 0.410 e. The molecule has 0 aromatic heterocycles. The van der Waals surface area contributed by atoms with Crippen molar-refractivity contribution in [1.82, 2.24) is 4.90 Å². The van der Waals surface area contributed by atoms with Crippen molar-refractivity contribution in [1.29, 1.82) is 0 Å². The quantitative estimate of drug-likeness (QED) is 0.797. The molecule has 130 valence electrons. The van der Waals surface area contributed by atoms with Gasteiger partial charge in [-0.3, -0.25) is 4.79 Å². The van der Waals surface area contributed by atoms with Crippen LogP contribution in [0.2, 0.25) is 0 Å². The first kappa shape index (κ1) is 16.8. The zero-order valence-electron chi connectivity index (χ0n) is 14.1. The number of hydrogen-bond donors (Lipinski definition) is 0. The van der Waals surface area contributed by atoms with Gasteiger partial charge in [0.05, 0.1) is 13.0 Å². The summed E-state index contributed by atoms with van der Waals surface area (Å²) in [6.07, 6.45) is 4.38. The number of rotatable bonds is 3. The molecule has 5 nitrogen and oxygen atoms in total. The predicted octanol–water partition coefficient (Wildman–Crippen LogP) is 3.38. The van der Waals surface area contributed by atoms with Crippen molar-refractivity contribution >= 4 is 12.1 Å². The highest BCUT2D eigenvalue weighted by Crippen LogP contribution is 2.40. The second-order valence-corrected chi connectivity index (χ2v) is 6.67. The van der Waals surface area contributed by atoms with Crippen LogP contribution < -0.4 is 0 Å². The topological polar surface area (TPSA) is 55.8 Å². The molecule has 3 rings (SSSR count). The molecule has 1 saturated heterocycles. The maximum absolute atomic E-state index is 12.6. The first-order valence-corrected chi connectivity index (χ1v) is 8.76. The molecule has 1 heterocycles. The molecule has 1 aromatic carbocycles. The number of amides is 1. The molecule has 1 aromatic rings. The van der Waals surface area contributed by atoms with Gasteiger partial charge in [-0.25, -0.2) is 4.79 Å². The lowest BCUT2D eigenvalue weighted by Crippen LogP contribution is -2.53. The van der Waals surface area contributed by atoms with E-state index in [0.29, 0.717) is 6.54 Å². The minimum absolute atomic E-state index is 0.0847. The van der Waals surface area contributed by atoms with E-state index >= 15 is 0 Å². The van der Waals surface area contributed by atoms with E-state index in [-0.39, 0.29) is 36.5 Å². The van der Waals surface area contributed by atoms with Crippen molar-refractivity contribution < 1.29 is 19.1 Å². The third-order valence-corrected chi connectivity index (χ3v) is 5.31. The van der Waals surface area contributed by atoms with Gasteiger partial charge >= 0.3 is 12.1 Å². The Morgan fingerprint density at radius 1 is 1.12 bits per heavy atom. The molecule has 0 bridgehead atoms. The molecule has 1 aliphatic heterocycles. The Balaban J connectivity index is 1.64. The number of esters is 1. The molecule has 24 heavy (non-hydrogen) atoms. The number of hydrogen-bond acceptors (Lipinski definition) is 4. The second-order valence-electron chi connectivity index (χ2n) is 6.67. The summed E-state index contributed by atoms with van der Waals surface area (Å²) in [6, 6.07) is 9.79. The summed E-state index contributed by atoms with van der Waals surface area (Å²) in [5.41, 5.74) is 0.982. The third-order valence-electron chi connectivity index (χ3n) is 5.31. The van der Waals surface area contributed by atoms with Crippen molar-refractivity contribution in [3.8, 4) is 0 Å². The molecule has 0 radical (unpaired) electrons. The third kappa shape index (κ3) is 3.55. The SMILES string of the molecule is COC(=O)C1CCCC2C1CCCN2C(=O)OCc1ccccc1. The van der Waals surface area contributed by atoms with Crippen LogP contribution in [0, 0.1) is 11.8 Å². The van der Waals surface area contributed by atoms with Crippen molar-refractivity contribution in [3.05, 3.63) is 35.9 Å². The minimum atomic E-state index is -0.265. The molecule has 3 unspecified atom stereocenters. The Kier molecular flexibility index (Phi) is 5.38. The fourth-order valence-electron chi connectivity index (χ4n) is 4.16. The van der Waals surface area contributed by atoms with E-state index < -0.39 is 0 Å². The fraction of sp³-hybridized carbons (Fsp3) is 0.579. The zero-order valence-corrected chi connectivity index (χ0v) is 14.1. The summed E-state index contributed by atoms with van der Waals surface area (Å²) in [5.74, 6) is -0.0214. The highest BCUT2D eigenvalue weighted by Gasteiger charge is 2.44. The highest BCUT2D eigenvalue weighted by molar-refractivity contribution is 5.73. The normalized spacial score (nSPS) is 26.4. The van der Waals surface area contributed by atoms with Gasteiger partial charge in [-0.15, -0.1) is 0 Å². The number of ether oxygens (including phenoxy) is 2. The van der Waals surface area contributed by atoms with Gasteiger partial charge in [-0.2, -0.15) is 0 Å². The van der Waals surface area contributed by atoms with Gasteiger partial charge in [0.1, 0.15) is 6.61 Å². The molecule has 0 N–H and O–H groups in total. The Morgan fingerprint density at radius 3 is 2.67 bits per heavy atom. The van der Waals surface area contributed by atoms with Crippen LogP contribution in [0.1, 0.15) is 37.7 Å². The van der Waals surface area contributed by atoms with Crippen LogP contribution in [0.5, 0.6) is 0 Å². The molecule has 2 aliphatic rings. The molecule has 1 saturated carbocycles. The van der Waals surface area contributed by atoms with Crippen molar-refractivity contribution in [2.45, 2.75) is 44.8 Å². The summed E-state index contributed by atoms with van der Waals surface area (Å²) in [5, 5.41) is 0. The van der Waals surface area contributed by atoms with E-state index in [1.165, 1.54) is 7.11 Å². The van der Waals surface area contributed by atoms with Crippen molar-refractivity contribution in [3.63, 3.8) is 0 Å². The average Bonchev–Trinajstić information content (AvgIpc) is 2.65. The summed E-state index contributed by atoms with van der Waals surface area (Å²) in [4.78, 5) is 26.5. The lowest BCUT2D eigenvalue weighted by molar-refractivity contribution is -0.151. The molecule has 1 aliphatic carbocycles. The van der Waals surface area contributed by atoms with Gasteiger partial charge in [0.2, 0.25) is 0 Å². The number of likely N-dealkylation sites (tertiary alicyclic amines) is 1. The standard InChI is InChI=1S/C19H25NO4/c1-23-18(21)16-9-5-11-17-15(16)10-6-12-20(17)19(22)24-13-14-7-3-2-4-8-14/h2-4,7-8,15-17H,5-6,9-13H2,1H3. The summed E-state index contributed by atoms with van der Waals surface area (Å²) in [6.45, 7) is 0.997. The number of benzene rings is 1. The summed E-state index contributed by atoms with van der Waals surface area (Å²) >= 11 is 0. The van der Waals surface area contributed by atoms with Gasteiger partial charge in [0, 0.05) is 12.6 Å². The predicted molar refractivity (Wildman–Crippen MR) is 89.2 cm³/mol. The minimum Gasteiger partial charge on any atom is -0.469 e. The number of carbonyl (C=O) groups excluding carboxylic acids is 2. The van der Waals surface area contributed by atoms with Crippen LogP contribution >= 0.6 is 0 Å². The number of nitrogens with zero attached hydrogens (tertiary/aromatic N) is 1. The van der Waals surface area contributed by atoms with E-state index in [9.17, 15) is 9.59 Å². The second kappa shape index (κ2) is 7.69. The molecule has 5 heteroatoms. The van der Waals surface area contributed by atoms with Gasteiger partial charge in [0.25, 0.3) is 0 Å². The Morgan fingerprint density at radius 2 is 1.92 bits per heavy atom. The van der Waals surface area contributed by atoms with Crippen LogP contribution in [0.4, 0.5) is 4.79 Å². The van der Waals surface area contributed by atoms with E-state index in [0.717, 1.165) is 37.7 Å². The van der Waals surface area contributed by atoms with Crippen LogP contribution in [0.3, 0.4) is 0 Å². The van der Waals surface area contributed by atoms with E-state index in [1.807, 2.05) is 35.2 Å². The van der Waals surface area contributed by atoms with E-state index in [2.05, 4.69) is 0 Å². The van der Waals surface area contributed by atoms with Gasteiger partial charge in [0.15, 0.2) is 0 Å². The van der Waals surface area contributed by atoms with Gasteiger partial charge < -0.3 is 14.4 Å². The Hall–Kier alpha value is -2.04. The zero-order chi connectivity index (χ0) is 16.9. The molecule has 2 fully saturated rings. The summed E-state index contributed by atoms with van der Waals surface area (Å²) in [7, 11) is 1.45. The highest BCUT2D eigenvalue weighted by atomic mass is 16.6. The lowest BCUT2D eigenvalue weighted by Gasteiger charge is -2.46. The first-order chi connectivity index (χ1) is 11.7. The van der Waals surface area contributed by atoms with Crippen LogP contribution in [-0.4, -0.2) is 36.7 Å². The monoisotopic (exact) mass is 331 g/mol. The fourth-order valence-corrected chi connectivity index (χ4v) is 4.16. The molecular weight excluding hydrogens is 306 g/mol. The van der Waals surface area contributed by atoms with Crippen molar-refractivity contribution in [2.24, 2.45) is 11.8 Å². The van der Waals surface area contributed by atoms with Gasteiger partial charge in [-0.1, -0.05) is 36.8 Å².